The minimum atomic E-state index is -1.10. The van der Waals surface area contributed by atoms with Crippen molar-refractivity contribution in [3.63, 3.8) is 0 Å². The molecule has 1 aliphatic rings. The van der Waals surface area contributed by atoms with Gasteiger partial charge in [-0.25, -0.2) is 4.79 Å². The first-order valence-electron chi connectivity index (χ1n) is 5.39. The van der Waals surface area contributed by atoms with Crippen LogP contribution in [0.2, 0.25) is 5.02 Å². The Morgan fingerprint density at radius 2 is 2.12 bits per heavy atom. The lowest BCUT2D eigenvalue weighted by molar-refractivity contribution is -0.116. The van der Waals surface area contributed by atoms with Gasteiger partial charge >= 0.3 is 5.97 Å². The molecule has 0 aliphatic heterocycles. The molecule has 0 saturated heterocycles. The summed E-state index contributed by atoms with van der Waals surface area (Å²) in [6, 6.07) is 4.40. The summed E-state index contributed by atoms with van der Waals surface area (Å²) in [6.07, 6.45) is 2.63. The molecule has 5 heteroatoms. The lowest BCUT2D eigenvalue weighted by atomic mass is 10.1. The molecule has 4 nitrogen and oxygen atoms in total. The standard InChI is InChI=1S/C12H12ClNO3/c13-8-3-4-10(9(6-8)12(16)17)14-11(15)5-7-1-2-7/h3-4,6-7H,1-2,5H2,(H,14,15)(H,16,17). The van der Waals surface area contributed by atoms with E-state index in [4.69, 9.17) is 16.7 Å². The Kier molecular flexibility index (Phi) is 3.33. The SMILES string of the molecule is O=C(CC1CC1)Nc1ccc(Cl)cc1C(=O)O. The molecule has 90 valence electrons. The number of amides is 1. The lowest BCUT2D eigenvalue weighted by Crippen LogP contribution is -2.14. The first kappa shape index (κ1) is 11.9. The van der Waals surface area contributed by atoms with Gasteiger partial charge in [0.05, 0.1) is 11.3 Å². The third kappa shape index (κ3) is 3.20. The number of aromatic carboxylic acids is 1. The predicted octanol–water partition coefficient (Wildman–Crippen LogP) is 2.78. The molecule has 2 rings (SSSR count). The van der Waals surface area contributed by atoms with Crippen molar-refractivity contribution in [1.29, 1.82) is 0 Å². The normalized spacial score (nSPS) is 14.4. The molecule has 17 heavy (non-hydrogen) atoms. The van der Waals surface area contributed by atoms with Crippen LogP contribution in [0.25, 0.3) is 0 Å². The zero-order valence-electron chi connectivity index (χ0n) is 9.07. The van der Waals surface area contributed by atoms with Crippen LogP contribution >= 0.6 is 11.6 Å². The smallest absolute Gasteiger partial charge is 0.337 e. The Morgan fingerprint density at radius 1 is 1.41 bits per heavy atom. The monoisotopic (exact) mass is 253 g/mol. The number of carbonyl (C=O) groups is 2. The first-order valence-corrected chi connectivity index (χ1v) is 5.77. The van der Waals surface area contributed by atoms with E-state index in [-0.39, 0.29) is 11.5 Å². The van der Waals surface area contributed by atoms with Crippen LogP contribution in [0.3, 0.4) is 0 Å². The van der Waals surface area contributed by atoms with E-state index >= 15 is 0 Å². The van der Waals surface area contributed by atoms with Gasteiger partial charge in [0.2, 0.25) is 5.91 Å². The first-order chi connectivity index (χ1) is 8.06. The van der Waals surface area contributed by atoms with E-state index in [9.17, 15) is 9.59 Å². The molecular formula is C12H12ClNO3. The van der Waals surface area contributed by atoms with E-state index in [1.807, 2.05) is 0 Å². The second kappa shape index (κ2) is 4.75. The number of benzene rings is 1. The highest BCUT2D eigenvalue weighted by molar-refractivity contribution is 6.31. The Morgan fingerprint density at radius 3 is 2.71 bits per heavy atom. The van der Waals surface area contributed by atoms with Gasteiger partial charge in [0.25, 0.3) is 0 Å². The zero-order valence-corrected chi connectivity index (χ0v) is 9.83. The molecule has 0 spiro atoms. The highest BCUT2D eigenvalue weighted by Crippen LogP contribution is 2.32. The quantitative estimate of drug-likeness (QED) is 0.867. The molecule has 1 fully saturated rings. The summed E-state index contributed by atoms with van der Waals surface area (Å²) >= 11 is 5.72. The molecule has 1 aliphatic carbocycles. The Balaban J connectivity index is 2.13. The third-order valence-corrected chi connectivity index (χ3v) is 2.89. The zero-order chi connectivity index (χ0) is 12.4. The van der Waals surface area contributed by atoms with Gasteiger partial charge in [-0.1, -0.05) is 11.6 Å². The van der Waals surface area contributed by atoms with Crippen molar-refractivity contribution in [2.24, 2.45) is 5.92 Å². The molecule has 0 heterocycles. The highest BCUT2D eigenvalue weighted by Gasteiger charge is 2.25. The number of rotatable bonds is 4. The summed E-state index contributed by atoms with van der Waals surface area (Å²) in [6.45, 7) is 0. The number of hydrogen-bond donors (Lipinski definition) is 2. The highest BCUT2D eigenvalue weighted by atomic mass is 35.5. The third-order valence-electron chi connectivity index (χ3n) is 2.66. The maximum atomic E-state index is 11.6. The van der Waals surface area contributed by atoms with Crippen molar-refractivity contribution < 1.29 is 14.7 Å². The summed E-state index contributed by atoms with van der Waals surface area (Å²) in [4.78, 5) is 22.6. The summed E-state index contributed by atoms with van der Waals surface area (Å²) in [7, 11) is 0. The van der Waals surface area contributed by atoms with E-state index < -0.39 is 5.97 Å². The van der Waals surface area contributed by atoms with E-state index in [1.165, 1.54) is 12.1 Å². The molecule has 1 aromatic carbocycles. The average Bonchev–Trinajstić information content (AvgIpc) is 3.04. The number of halogens is 1. The predicted molar refractivity (Wildman–Crippen MR) is 64.4 cm³/mol. The van der Waals surface area contributed by atoms with Crippen LogP contribution in [0.1, 0.15) is 29.6 Å². The number of hydrogen-bond acceptors (Lipinski definition) is 2. The molecule has 1 amide bonds. The molecule has 0 radical (unpaired) electrons. The number of carbonyl (C=O) groups excluding carboxylic acids is 1. The maximum Gasteiger partial charge on any atom is 0.337 e. The van der Waals surface area contributed by atoms with Crippen molar-refractivity contribution in [1.82, 2.24) is 0 Å². The topological polar surface area (TPSA) is 66.4 Å². The number of carboxylic acid groups (broad SMARTS) is 1. The molecule has 0 bridgehead atoms. The van der Waals surface area contributed by atoms with Crippen molar-refractivity contribution in [3.8, 4) is 0 Å². The van der Waals surface area contributed by atoms with E-state index in [0.717, 1.165) is 12.8 Å². The van der Waals surface area contributed by atoms with Gasteiger partial charge in [0.1, 0.15) is 0 Å². The van der Waals surface area contributed by atoms with Gasteiger partial charge in [-0.15, -0.1) is 0 Å². The Labute approximate surface area is 104 Å². The number of anilines is 1. The fourth-order valence-corrected chi connectivity index (χ4v) is 1.76. The van der Waals surface area contributed by atoms with Gasteiger partial charge < -0.3 is 10.4 Å². The molecular weight excluding hydrogens is 242 g/mol. The van der Waals surface area contributed by atoms with Gasteiger partial charge in [0, 0.05) is 11.4 Å². The van der Waals surface area contributed by atoms with E-state index in [2.05, 4.69) is 5.32 Å². The van der Waals surface area contributed by atoms with Crippen molar-refractivity contribution in [2.45, 2.75) is 19.3 Å². The summed E-state index contributed by atoms with van der Waals surface area (Å²) < 4.78 is 0. The number of carboxylic acids is 1. The van der Waals surface area contributed by atoms with Gasteiger partial charge in [-0.05, 0) is 37.0 Å². The van der Waals surface area contributed by atoms with Gasteiger partial charge in [-0.3, -0.25) is 4.79 Å². The summed E-state index contributed by atoms with van der Waals surface area (Å²) in [5, 5.41) is 11.9. The van der Waals surface area contributed by atoms with Gasteiger partial charge in [-0.2, -0.15) is 0 Å². The van der Waals surface area contributed by atoms with E-state index in [1.54, 1.807) is 6.07 Å². The molecule has 1 saturated carbocycles. The van der Waals surface area contributed by atoms with Crippen LogP contribution in [0.5, 0.6) is 0 Å². The van der Waals surface area contributed by atoms with Crippen LogP contribution in [0, 0.1) is 5.92 Å². The van der Waals surface area contributed by atoms with Gasteiger partial charge in [0.15, 0.2) is 0 Å². The minimum absolute atomic E-state index is 0.0154. The molecule has 0 aromatic heterocycles. The number of nitrogens with one attached hydrogen (secondary N) is 1. The second-order valence-electron chi connectivity index (χ2n) is 4.19. The largest absolute Gasteiger partial charge is 0.478 e. The Hall–Kier alpha value is -1.55. The fourth-order valence-electron chi connectivity index (χ4n) is 1.59. The average molecular weight is 254 g/mol. The van der Waals surface area contributed by atoms with Crippen LogP contribution in [0.4, 0.5) is 5.69 Å². The Bertz CT molecular complexity index is 469. The lowest BCUT2D eigenvalue weighted by Gasteiger charge is -2.08. The van der Waals surface area contributed by atoms with Crippen molar-refractivity contribution in [3.05, 3.63) is 28.8 Å². The van der Waals surface area contributed by atoms with Crippen LogP contribution < -0.4 is 5.32 Å². The van der Waals surface area contributed by atoms with Crippen LogP contribution in [-0.4, -0.2) is 17.0 Å². The van der Waals surface area contributed by atoms with Crippen LogP contribution in [-0.2, 0) is 4.79 Å². The molecule has 2 N–H and O–H groups in total. The molecule has 1 aromatic rings. The summed E-state index contributed by atoms with van der Waals surface area (Å²) in [5.41, 5.74) is 0.314. The molecule has 0 unspecified atom stereocenters. The molecule has 0 atom stereocenters. The minimum Gasteiger partial charge on any atom is -0.478 e. The maximum absolute atomic E-state index is 11.6. The second-order valence-corrected chi connectivity index (χ2v) is 4.63. The fraction of sp³-hybridized carbons (Fsp3) is 0.333. The van der Waals surface area contributed by atoms with Crippen molar-refractivity contribution in [2.75, 3.05) is 5.32 Å². The van der Waals surface area contributed by atoms with Crippen LogP contribution in [0.15, 0.2) is 18.2 Å². The summed E-state index contributed by atoms with van der Waals surface area (Å²) in [5.74, 6) is -0.776. The van der Waals surface area contributed by atoms with Crippen molar-refractivity contribution >= 4 is 29.2 Å². The van der Waals surface area contributed by atoms with E-state index in [0.29, 0.717) is 23.0 Å².